The lowest BCUT2D eigenvalue weighted by Crippen LogP contribution is -2.11. The number of hydrogen-bond donors (Lipinski definition) is 1. The lowest BCUT2D eigenvalue weighted by atomic mass is 9.87. The average molecular weight is 331 g/mol. The molecule has 3 heterocycles. The van der Waals surface area contributed by atoms with Gasteiger partial charge in [-0.05, 0) is 37.2 Å². The first-order valence-electron chi connectivity index (χ1n) is 8.17. The van der Waals surface area contributed by atoms with Crippen LogP contribution in [0.15, 0.2) is 6.33 Å². The minimum Gasteiger partial charge on any atom is -0.385 e. The molecular weight excluding hydrogens is 310 g/mol. The van der Waals surface area contributed by atoms with E-state index in [4.69, 9.17) is 9.72 Å². The summed E-state index contributed by atoms with van der Waals surface area (Å²) >= 11 is 1.82. The minimum atomic E-state index is 0.579. The Morgan fingerprint density at radius 1 is 1.48 bits per heavy atom. The number of rotatable bonds is 5. The third-order valence-electron chi connectivity index (χ3n) is 4.53. The van der Waals surface area contributed by atoms with Crippen LogP contribution in [0.2, 0.25) is 0 Å². The summed E-state index contributed by atoms with van der Waals surface area (Å²) in [6, 6.07) is 0. The first-order valence-corrected chi connectivity index (χ1v) is 8.99. The molecule has 0 saturated carbocycles. The normalized spacial score (nSPS) is 17.7. The molecule has 122 valence electrons. The number of aromatic nitrogens is 4. The van der Waals surface area contributed by atoms with Crippen LogP contribution < -0.4 is 5.32 Å². The molecule has 0 saturated heterocycles. The van der Waals surface area contributed by atoms with E-state index in [2.05, 4.69) is 22.3 Å². The Kier molecular flexibility index (Phi) is 3.90. The lowest BCUT2D eigenvalue weighted by molar-refractivity contribution is 0.197. The predicted molar refractivity (Wildman–Crippen MR) is 92.5 cm³/mol. The molecule has 1 N–H and O–H groups in total. The van der Waals surface area contributed by atoms with Crippen molar-refractivity contribution in [3.05, 3.63) is 16.8 Å². The van der Waals surface area contributed by atoms with E-state index in [1.165, 1.54) is 28.7 Å². The molecule has 0 bridgehead atoms. The number of ether oxygens (including phenoxy) is 1. The summed E-state index contributed by atoms with van der Waals surface area (Å²) in [5, 5.41) is 8.95. The summed E-state index contributed by atoms with van der Waals surface area (Å²) in [7, 11) is 1.72. The van der Waals surface area contributed by atoms with Crippen molar-refractivity contribution in [3.8, 4) is 0 Å². The summed E-state index contributed by atoms with van der Waals surface area (Å²) in [6.45, 7) is 3.86. The Balaban J connectivity index is 1.81. The zero-order chi connectivity index (χ0) is 15.8. The molecule has 0 fully saturated rings. The highest BCUT2D eigenvalue weighted by atomic mass is 32.1. The first-order chi connectivity index (χ1) is 11.3. The Morgan fingerprint density at radius 3 is 3.26 bits per heavy atom. The van der Waals surface area contributed by atoms with Gasteiger partial charge >= 0.3 is 0 Å². The van der Waals surface area contributed by atoms with Crippen LogP contribution in [0.25, 0.3) is 15.9 Å². The van der Waals surface area contributed by atoms with Gasteiger partial charge in [0.25, 0.3) is 0 Å². The molecule has 4 rings (SSSR count). The molecule has 0 aromatic carbocycles. The number of anilines is 1. The number of methoxy groups -OCH3 is 1. The van der Waals surface area contributed by atoms with E-state index in [1.54, 1.807) is 13.4 Å². The second kappa shape index (κ2) is 6.05. The SMILES string of the molecule is COCCCNc1nc2sc3c(c2c2ncnn12)[C@H](C)CCC3. The Morgan fingerprint density at radius 2 is 2.39 bits per heavy atom. The molecule has 0 unspecified atom stereocenters. The van der Waals surface area contributed by atoms with Crippen LogP contribution in [0, 0.1) is 0 Å². The van der Waals surface area contributed by atoms with Crippen LogP contribution in [0.1, 0.15) is 42.5 Å². The van der Waals surface area contributed by atoms with Crippen LogP contribution >= 0.6 is 11.3 Å². The van der Waals surface area contributed by atoms with Gasteiger partial charge in [0.1, 0.15) is 11.2 Å². The van der Waals surface area contributed by atoms with E-state index >= 15 is 0 Å². The third-order valence-corrected chi connectivity index (χ3v) is 5.68. The van der Waals surface area contributed by atoms with Gasteiger partial charge in [-0.1, -0.05) is 6.92 Å². The van der Waals surface area contributed by atoms with E-state index in [9.17, 15) is 0 Å². The van der Waals surface area contributed by atoms with Gasteiger partial charge in [0.2, 0.25) is 5.95 Å². The topological polar surface area (TPSA) is 64.3 Å². The zero-order valence-electron chi connectivity index (χ0n) is 13.5. The first kappa shape index (κ1) is 14.8. The summed E-state index contributed by atoms with van der Waals surface area (Å²) < 4.78 is 6.93. The largest absolute Gasteiger partial charge is 0.385 e. The van der Waals surface area contributed by atoms with Crippen LogP contribution in [0.5, 0.6) is 0 Å². The van der Waals surface area contributed by atoms with Gasteiger partial charge in [0, 0.05) is 25.1 Å². The fourth-order valence-electron chi connectivity index (χ4n) is 3.43. The van der Waals surface area contributed by atoms with Crippen molar-refractivity contribution in [1.82, 2.24) is 19.6 Å². The highest BCUT2D eigenvalue weighted by molar-refractivity contribution is 7.19. The molecule has 1 aliphatic rings. The smallest absolute Gasteiger partial charge is 0.227 e. The van der Waals surface area contributed by atoms with E-state index in [0.717, 1.165) is 42.4 Å². The molecule has 3 aromatic heterocycles. The number of nitrogens with one attached hydrogen (secondary N) is 1. The van der Waals surface area contributed by atoms with Gasteiger partial charge in [0.05, 0.1) is 5.39 Å². The van der Waals surface area contributed by atoms with E-state index in [0.29, 0.717) is 5.92 Å². The number of fused-ring (bicyclic) bond motifs is 5. The summed E-state index contributed by atoms with van der Waals surface area (Å²) in [5.74, 6) is 1.35. The fourth-order valence-corrected chi connectivity index (χ4v) is 4.76. The van der Waals surface area contributed by atoms with Gasteiger partial charge < -0.3 is 10.1 Å². The van der Waals surface area contributed by atoms with Crippen LogP contribution in [-0.4, -0.2) is 39.8 Å². The molecule has 0 amide bonds. The van der Waals surface area contributed by atoms with Crippen molar-refractivity contribution in [3.63, 3.8) is 0 Å². The minimum absolute atomic E-state index is 0.579. The summed E-state index contributed by atoms with van der Waals surface area (Å²) in [6.07, 6.45) is 6.23. The highest BCUT2D eigenvalue weighted by Gasteiger charge is 2.25. The number of thiophene rings is 1. The lowest BCUT2D eigenvalue weighted by Gasteiger charge is -2.18. The Hall–Kier alpha value is -1.73. The second-order valence-corrected chi connectivity index (χ2v) is 7.20. The standard InChI is InChI=1S/C16H21N5OS/c1-10-5-3-6-11-12(10)13-14-18-9-19-21(14)16(20-15(13)23-11)17-7-4-8-22-2/h9-10H,3-8H2,1-2H3,(H,17,20)/t10-/m1/s1. The van der Waals surface area contributed by atoms with Crippen LogP contribution in [0.3, 0.4) is 0 Å². The molecular formula is C16H21N5OS. The zero-order valence-corrected chi connectivity index (χ0v) is 14.3. The molecule has 23 heavy (non-hydrogen) atoms. The second-order valence-electron chi connectivity index (χ2n) is 6.12. The predicted octanol–water partition coefficient (Wildman–Crippen LogP) is 3.23. The number of hydrogen-bond acceptors (Lipinski definition) is 6. The maximum atomic E-state index is 5.10. The molecule has 1 atom stereocenters. The van der Waals surface area contributed by atoms with Crippen LogP contribution in [-0.2, 0) is 11.2 Å². The summed E-state index contributed by atoms with van der Waals surface area (Å²) in [5.41, 5.74) is 2.38. The fraction of sp³-hybridized carbons (Fsp3) is 0.562. The maximum Gasteiger partial charge on any atom is 0.227 e. The van der Waals surface area contributed by atoms with Gasteiger partial charge in [-0.3, -0.25) is 0 Å². The third kappa shape index (κ3) is 2.48. The quantitative estimate of drug-likeness (QED) is 0.727. The van der Waals surface area contributed by atoms with Gasteiger partial charge in [-0.15, -0.1) is 11.3 Å². The van der Waals surface area contributed by atoms with Gasteiger partial charge in [-0.25, -0.2) is 9.97 Å². The van der Waals surface area contributed by atoms with Gasteiger partial charge in [-0.2, -0.15) is 9.61 Å². The van der Waals surface area contributed by atoms with Crippen molar-refractivity contribution >= 4 is 33.1 Å². The van der Waals surface area contributed by atoms with Crippen molar-refractivity contribution in [1.29, 1.82) is 0 Å². The number of nitrogens with zero attached hydrogens (tertiary/aromatic N) is 4. The van der Waals surface area contributed by atoms with Crippen molar-refractivity contribution in [2.24, 2.45) is 0 Å². The highest BCUT2D eigenvalue weighted by Crippen LogP contribution is 2.43. The van der Waals surface area contributed by atoms with E-state index < -0.39 is 0 Å². The molecule has 7 heteroatoms. The summed E-state index contributed by atoms with van der Waals surface area (Å²) in [4.78, 5) is 11.9. The molecule has 3 aromatic rings. The van der Waals surface area contributed by atoms with Crippen molar-refractivity contribution in [2.45, 2.75) is 38.5 Å². The Labute approximate surface area is 138 Å². The van der Waals surface area contributed by atoms with Crippen LogP contribution in [0.4, 0.5) is 5.95 Å². The van der Waals surface area contributed by atoms with Crippen molar-refractivity contribution in [2.75, 3.05) is 25.6 Å². The van der Waals surface area contributed by atoms with Crippen molar-refractivity contribution < 1.29 is 4.74 Å². The number of aryl methyl sites for hydroxylation is 1. The molecule has 0 radical (unpaired) electrons. The average Bonchev–Trinajstić information content (AvgIpc) is 3.15. The van der Waals surface area contributed by atoms with E-state index in [1.807, 2.05) is 15.9 Å². The molecule has 1 aliphatic carbocycles. The van der Waals surface area contributed by atoms with E-state index in [-0.39, 0.29) is 0 Å². The molecule has 0 aliphatic heterocycles. The molecule has 0 spiro atoms. The monoisotopic (exact) mass is 331 g/mol. The van der Waals surface area contributed by atoms with Gasteiger partial charge in [0.15, 0.2) is 5.65 Å². The maximum absolute atomic E-state index is 5.10. The Bertz CT molecular complexity index is 840. The molecule has 6 nitrogen and oxygen atoms in total.